The van der Waals surface area contributed by atoms with Crippen LogP contribution in [0.2, 0.25) is 0 Å². The summed E-state index contributed by atoms with van der Waals surface area (Å²) in [4.78, 5) is 11.0. The van der Waals surface area contributed by atoms with Gasteiger partial charge < -0.3 is 15.3 Å². The van der Waals surface area contributed by atoms with Gasteiger partial charge in [-0.25, -0.2) is 4.39 Å². The highest BCUT2D eigenvalue weighted by Gasteiger charge is 2.21. The predicted molar refractivity (Wildman–Crippen MR) is 58.9 cm³/mol. The third-order valence-corrected chi connectivity index (χ3v) is 2.49. The van der Waals surface area contributed by atoms with Crippen molar-refractivity contribution < 1.29 is 24.5 Å². The summed E-state index contributed by atoms with van der Waals surface area (Å²) in [7, 11) is 0. The number of aliphatic carboxylic acids is 1. The summed E-state index contributed by atoms with van der Waals surface area (Å²) in [5, 5.41) is 26.9. The van der Waals surface area contributed by atoms with Crippen LogP contribution in [0.4, 0.5) is 4.39 Å². The van der Waals surface area contributed by atoms with Gasteiger partial charge in [0.25, 0.3) is 0 Å². The standard InChI is InChI=1S/C12H15FO4/c13-10-3-1-2-8(5-10)4-9(12(16)17)6-11(15)7-14/h1-3,5,9,11,14-15H,4,6-7H2,(H,16,17). The minimum Gasteiger partial charge on any atom is -0.481 e. The second kappa shape index (κ2) is 6.32. The van der Waals surface area contributed by atoms with E-state index in [1.165, 1.54) is 18.2 Å². The zero-order valence-electron chi connectivity index (χ0n) is 9.21. The lowest BCUT2D eigenvalue weighted by molar-refractivity contribution is -0.143. The Balaban J connectivity index is 2.70. The smallest absolute Gasteiger partial charge is 0.306 e. The lowest BCUT2D eigenvalue weighted by Crippen LogP contribution is -2.24. The van der Waals surface area contributed by atoms with E-state index >= 15 is 0 Å². The quantitative estimate of drug-likeness (QED) is 0.690. The Kier molecular flexibility index (Phi) is 5.06. The molecule has 4 nitrogen and oxygen atoms in total. The second-order valence-electron chi connectivity index (χ2n) is 3.94. The minimum atomic E-state index is -1.07. The van der Waals surface area contributed by atoms with Crippen LogP contribution in [0.1, 0.15) is 12.0 Å². The van der Waals surface area contributed by atoms with Crippen molar-refractivity contribution in [3.05, 3.63) is 35.6 Å². The Hall–Kier alpha value is -1.46. The van der Waals surface area contributed by atoms with Gasteiger partial charge in [0.05, 0.1) is 18.6 Å². The van der Waals surface area contributed by atoms with Crippen molar-refractivity contribution in [2.75, 3.05) is 6.61 Å². The molecule has 2 atom stereocenters. The Bertz CT molecular complexity index is 381. The summed E-state index contributed by atoms with van der Waals surface area (Å²) in [5.41, 5.74) is 0.558. The van der Waals surface area contributed by atoms with Gasteiger partial charge in [0.2, 0.25) is 0 Å². The Labute approximate surface area is 98.3 Å². The number of rotatable bonds is 6. The molecule has 0 bridgehead atoms. The number of carboxylic acids is 1. The maximum atomic E-state index is 12.9. The van der Waals surface area contributed by atoms with Gasteiger partial charge in [-0.1, -0.05) is 12.1 Å². The lowest BCUT2D eigenvalue weighted by Gasteiger charge is -2.15. The molecule has 0 aliphatic carbocycles. The fourth-order valence-corrected chi connectivity index (χ4v) is 1.62. The number of carbonyl (C=O) groups is 1. The van der Waals surface area contributed by atoms with Crippen molar-refractivity contribution in [3.63, 3.8) is 0 Å². The molecule has 0 amide bonds. The first-order chi connectivity index (χ1) is 8.02. The second-order valence-corrected chi connectivity index (χ2v) is 3.94. The van der Waals surface area contributed by atoms with E-state index in [-0.39, 0.29) is 12.8 Å². The van der Waals surface area contributed by atoms with E-state index in [1.807, 2.05) is 0 Å². The van der Waals surface area contributed by atoms with Crippen LogP contribution in [0.5, 0.6) is 0 Å². The molecule has 1 aromatic carbocycles. The largest absolute Gasteiger partial charge is 0.481 e. The van der Waals surface area contributed by atoms with Crippen LogP contribution >= 0.6 is 0 Å². The number of hydrogen-bond acceptors (Lipinski definition) is 3. The topological polar surface area (TPSA) is 77.8 Å². The molecule has 17 heavy (non-hydrogen) atoms. The van der Waals surface area contributed by atoms with Crippen molar-refractivity contribution in [2.24, 2.45) is 5.92 Å². The van der Waals surface area contributed by atoms with Crippen LogP contribution in [0.25, 0.3) is 0 Å². The van der Waals surface area contributed by atoms with E-state index in [0.717, 1.165) is 0 Å². The summed E-state index contributed by atoms with van der Waals surface area (Å²) in [6.07, 6.45) is -0.989. The Morgan fingerprint density at radius 3 is 2.65 bits per heavy atom. The van der Waals surface area contributed by atoms with Crippen LogP contribution in [-0.4, -0.2) is 34.0 Å². The molecule has 0 aliphatic heterocycles. The van der Waals surface area contributed by atoms with Crippen molar-refractivity contribution in [3.8, 4) is 0 Å². The number of halogens is 1. The van der Waals surface area contributed by atoms with Crippen LogP contribution in [0.3, 0.4) is 0 Å². The fourth-order valence-electron chi connectivity index (χ4n) is 1.62. The summed E-state index contributed by atoms with van der Waals surface area (Å²) < 4.78 is 12.9. The molecule has 94 valence electrons. The third-order valence-electron chi connectivity index (χ3n) is 2.49. The van der Waals surface area contributed by atoms with Crippen LogP contribution in [0, 0.1) is 11.7 Å². The molecule has 5 heteroatoms. The van der Waals surface area contributed by atoms with Crippen molar-refractivity contribution in [1.29, 1.82) is 0 Å². The molecule has 0 heterocycles. The number of aliphatic hydroxyl groups excluding tert-OH is 2. The molecule has 0 aromatic heterocycles. The van der Waals surface area contributed by atoms with Crippen LogP contribution < -0.4 is 0 Å². The fraction of sp³-hybridized carbons (Fsp3) is 0.417. The van der Waals surface area contributed by atoms with Gasteiger partial charge in [-0.15, -0.1) is 0 Å². The van der Waals surface area contributed by atoms with E-state index < -0.39 is 30.4 Å². The Morgan fingerprint density at radius 1 is 1.41 bits per heavy atom. The first kappa shape index (κ1) is 13.6. The van der Waals surface area contributed by atoms with Gasteiger partial charge in [-0.2, -0.15) is 0 Å². The molecule has 1 rings (SSSR count). The highest BCUT2D eigenvalue weighted by Crippen LogP contribution is 2.15. The summed E-state index contributed by atoms with van der Waals surface area (Å²) in [6, 6.07) is 5.68. The van der Waals surface area contributed by atoms with E-state index in [9.17, 15) is 14.3 Å². The van der Waals surface area contributed by atoms with Crippen molar-refractivity contribution in [1.82, 2.24) is 0 Å². The minimum absolute atomic E-state index is 0.0532. The molecule has 0 fully saturated rings. The van der Waals surface area contributed by atoms with Gasteiger partial charge in [0.15, 0.2) is 0 Å². The van der Waals surface area contributed by atoms with E-state index in [2.05, 4.69) is 0 Å². The van der Waals surface area contributed by atoms with Gasteiger partial charge in [-0.05, 0) is 30.5 Å². The third kappa shape index (κ3) is 4.50. The van der Waals surface area contributed by atoms with Crippen LogP contribution in [-0.2, 0) is 11.2 Å². The van der Waals surface area contributed by atoms with Crippen molar-refractivity contribution >= 4 is 5.97 Å². The molecule has 0 aliphatic rings. The van der Waals surface area contributed by atoms with Crippen LogP contribution in [0.15, 0.2) is 24.3 Å². The maximum Gasteiger partial charge on any atom is 0.306 e. The van der Waals surface area contributed by atoms with E-state index in [1.54, 1.807) is 6.07 Å². The molecule has 0 spiro atoms. The molecule has 0 radical (unpaired) electrons. The molecule has 3 N–H and O–H groups in total. The molecular weight excluding hydrogens is 227 g/mol. The summed E-state index contributed by atoms with van der Waals surface area (Å²) >= 11 is 0. The average Bonchev–Trinajstić information content (AvgIpc) is 2.27. The van der Waals surface area contributed by atoms with Gasteiger partial charge in [-0.3, -0.25) is 4.79 Å². The first-order valence-corrected chi connectivity index (χ1v) is 5.29. The summed E-state index contributed by atoms with van der Waals surface area (Å²) in [6.45, 7) is -0.479. The highest BCUT2D eigenvalue weighted by atomic mass is 19.1. The van der Waals surface area contributed by atoms with E-state index in [4.69, 9.17) is 10.2 Å². The number of benzene rings is 1. The van der Waals surface area contributed by atoms with E-state index in [0.29, 0.717) is 5.56 Å². The molecule has 0 saturated heterocycles. The Morgan fingerprint density at radius 2 is 2.12 bits per heavy atom. The SMILES string of the molecule is O=C(O)C(Cc1cccc(F)c1)CC(O)CO. The molecule has 1 aromatic rings. The highest BCUT2D eigenvalue weighted by molar-refractivity contribution is 5.70. The zero-order valence-corrected chi connectivity index (χ0v) is 9.21. The van der Waals surface area contributed by atoms with Gasteiger partial charge in [0, 0.05) is 0 Å². The lowest BCUT2D eigenvalue weighted by atomic mass is 9.94. The summed E-state index contributed by atoms with van der Waals surface area (Å²) in [5.74, 6) is -2.32. The van der Waals surface area contributed by atoms with Gasteiger partial charge in [0.1, 0.15) is 5.82 Å². The zero-order chi connectivity index (χ0) is 12.8. The normalized spacial score (nSPS) is 14.3. The number of hydrogen-bond donors (Lipinski definition) is 3. The maximum absolute atomic E-state index is 12.9. The molecular formula is C12H15FO4. The monoisotopic (exact) mass is 242 g/mol. The molecule has 2 unspecified atom stereocenters. The number of carboxylic acid groups (broad SMARTS) is 1. The van der Waals surface area contributed by atoms with Gasteiger partial charge >= 0.3 is 5.97 Å². The number of aliphatic hydroxyl groups is 2. The van der Waals surface area contributed by atoms with Crippen molar-refractivity contribution in [2.45, 2.75) is 18.9 Å². The molecule has 0 saturated carbocycles. The predicted octanol–water partition coefficient (Wildman–Crippen LogP) is 0.812. The first-order valence-electron chi connectivity index (χ1n) is 5.29. The average molecular weight is 242 g/mol.